The Morgan fingerprint density at radius 2 is 2.04 bits per heavy atom. The van der Waals surface area contributed by atoms with E-state index in [1.54, 1.807) is 0 Å². The van der Waals surface area contributed by atoms with Crippen LogP contribution in [-0.2, 0) is 24.2 Å². The van der Waals surface area contributed by atoms with E-state index in [1.807, 2.05) is 18.2 Å². The molecule has 3 aromatic rings. The largest absolute Gasteiger partial charge is 0.329 e. The number of hydrogen-bond acceptors (Lipinski definition) is 4. The molecule has 0 saturated heterocycles. The van der Waals surface area contributed by atoms with Gasteiger partial charge >= 0.3 is 5.69 Å². The van der Waals surface area contributed by atoms with E-state index in [2.05, 4.69) is 11.1 Å². The van der Waals surface area contributed by atoms with Crippen LogP contribution in [0.1, 0.15) is 23.8 Å². The Kier molecular flexibility index (Phi) is 3.49. The highest BCUT2D eigenvalue weighted by molar-refractivity contribution is 7.19. The summed E-state index contributed by atoms with van der Waals surface area (Å²) in [6.45, 7) is 1.58. The molecule has 0 spiro atoms. The number of aromatic amines is 1. The first-order valence-corrected chi connectivity index (χ1v) is 8.74. The maximum atomic E-state index is 12.9. The van der Waals surface area contributed by atoms with Crippen LogP contribution in [0.3, 0.4) is 0 Å². The summed E-state index contributed by atoms with van der Waals surface area (Å²) in [6, 6.07) is 8.09. The Balaban J connectivity index is 2.01. The summed E-state index contributed by atoms with van der Waals surface area (Å²) in [5, 5.41) is 0.574. The minimum Gasteiger partial charge on any atom is -0.300 e. The average Bonchev–Trinajstić information content (AvgIpc) is 2.93. The van der Waals surface area contributed by atoms with Gasteiger partial charge in [0.1, 0.15) is 10.6 Å². The zero-order valence-corrected chi connectivity index (χ0v) is 14.0. The van der Waals surface area contributed by atoms with Gasteiger partial charge in [-0.15, -0.1) is 11.3 Å². The number of fused-ring (bicyclic) bond motifs is 5. The molecule has 4 rings (SSSR count). The van der Waals surface area contributed by atoms with E-state index in [1.165, 1.54) is 23.8 Å². The smallest absolute Gasteiger partial charge is 0.300 e. The van der Waals surface area contributed by atoms with Gasteiger partial charge in [0.25, 0.3) is 5.56 Å². The molecule has 1 N–H and O–H groups in total. The van der Waals surface area contributed by atoms with E-state index < -0.39 is 5.69 Å². The number of hydrogen-bond donors (Lipinski definition) is 1. The van der Waals surface area contributed by atoms with Crippen molar-refractivity contribution in [2.24, 2.45) is 0 Å². The Bertz CT molecular complexity index is 1090. The van der Waals surface area contributed by atoms with Crippen LogP contribution in [0, 0.1) is 0 Å². The van der Waals surface area contributed by atoms with E-state index in [4.69, 9.17) is 0 Å². The summed E-state index contributed by atoms with van der Waals surface area (Å²) in [5.41, 5.74) is 2.51. The maximum absolute atomic E-state index is 12.9. The van der Waals surface area contributed by atoms with E-state index in [0.29, 0.717) is 10.2 Å². The Hall–Kier alpha value is -2.47. The molecule has 1 aromatic carbocycles. The third-order valence-electron chi connectivity index (χ3n) is 4.50. The first-order chi connectivity index (χ1) is 11.6. The van der Waals surface area contributed by atoms with Gasteiger partial charge in [-0.3, -0.25) is 19.1 Å². The van der Waals surface area contributed by atoms with Gasteiger partial charge in [-0.25, -0.2) is 4.79 Å². The molecule has 1 aliphatic carbocycles. The van der Waals surface area contributed by atoms with Crippen molar-refractivity contribution in [2.45, 2.75) is 32.7 Å². The van der Waals surface area contributed by atoms with Gasteiger partial charge in [-0.05, 0) is 30.9 Å². The summed E-state index contributed by atoms with van der Waals surface area (Å²) >= 11 is 1.49. The number of Topliss-reactive ketones (excluding diaryl/α,β-unsaturated/α-hetero) is 1. The molecular weight excluding hydrogens is 324 g/mol. The normalized spacial score (nSPS) is 12.9. The monoisotopic (exact) mass is 340 g/mol. The average molecular weight is 340 g/mol. The van der Waals surface area contributed by atoms with Crippen LogP contribution < -0.4 is 11.2 Å². The molecule has 0 radical (unpaired) electrons. The third kappa shape index (κ3) is 2.26. The molecule has 0 unspecified atom stereocenters. The van der Waals surface area contributed by atoms with E-state index in [9.17, 15) is 14.4 Å². The van der Waals surface area contributed by atoms with Crippen molar-refractivity contribution in [1.29, 1.82) is 0 Å². The third-order valence-corrected chi connectivity index (χ3v) is 5.67. The van der Waals surface area contributed by atoms with Crippen LogP contribution in [0.4, 0.5) is 0 Å². The number of carbonyl (C=O) groups excluding carboxylic acids is 1. The molecule has 0 saturated carbocycles. The number of nitrogens with zero attached hydrogens (tertiary/aromatic N) is 1. The van der Waals surface area contributed by atoms with E-state index in [-0.39, 0.29) is 24.3 Å². The number of ketones is 1. The second kappa shape index (κ2) is 5.56. The predicted molar refractivity (Wildman–Crippen MR) is 94.8 cm³/mol. The van der Waals surface area contributed by atoms with Crippen molar-refractivity contribution in [1.82, 2.24) is 9.55 Å². The van der Waals surface area contributed by atoms with Crippen molar-refractivity contribution in [3.05, 3.63) is 55.5 Å². The molecule has 0 atom stereocenters. The van der Waals surface area contributed by atoms with Gasteiger partial charge in [0.15, 0.2) is 0 Å². The molecule has 2 heterocycles. The van der Waals surface area contributed by atoms with Gasteiger partial charge in [-0.2, -0.15) is 0 Å². The second-order valence-corrected chi connectivity index (χ2v) is 7.21. The fourth-order valence-electron chi connectivity index (χ4n) is 3.33. The van der Waals surface area contributed by atoms with Gasteiger partial charge in [0.05, 0.1) is 5.39 Å². The number of carbonyl (C=O) groups is 1. The van der Waals surface area contributed by atoms with Crippen molar-refractivity contribution in [3.63, 3.8) is 0 Å². The molecule has 0 bridgehead atoms. The highest BCUT2D eigenvalue weighted by Gasteiger charge is 2.24. The summed E-state index contributed by atoms with van der Waals surface area (Å²) in [6.07, 6.45) is 2.00. The molecule has 0 aliphatic heterocycles. The first kappa shape index (κ1) is 15.1. The number of H-pyrrole nitrogens is 1. The Morgan fingerprint density at radius 1 is 1.25 bits per heavy atom. The molecule has 0 fully saturated rings. The molecular formula is C18H16N2O3S. The summed E-state index contributed by atoms with van der Waals surface area (Å²) in [4.78, 5) is 41.0. The standard InChI is InChI=1S/C18H16N2O3S/c1-10(21)8-9-20-17(22)15-14-12-5-3-2-4-11(12)6-7-13(14)24-16(15)19-18(20)23/h2-5H,6-9H2,1H3,(H,19,23). The van der Waals surface area contributed by atoms with E-state index in [0.717, 1.165) is 33.4 Å². The first-order valence-electron chi connectivity index (χ1n) is 7.92. The number of aromatic nitrogens is 2. The van der Waals surface area contributed by atoms with Crippen molar-refractivity contribution in [2.75, 3.05) is 0 Å². The van der Waals surface area contributed by atoms with Crippen LogP contribution in [0.2, 0.25) is 0 Å². The van der Waals surface area contributed by atoms with Gasteiger partial charge < -0.3 is 0 Å². The zero-order valence-electron chi connectivity index (χ0n) is 13.2. The molecule has 0 amide bonds. The highest BCUT2D eigenvalue weighted by atomic mass is 32.1. The Morgan fingerprint density at radius 3 is 2.83 bits per heavy atom. The minimum atomic E-state index is -0.444. The molecule has 122 valence electrons. The lowest BCUT2D eigenvalue weighted by molar-refractivity contribution is -0.117. The number of aryl methyl sites for hydroxylation is 2. The number of benzene rings is 1. The zero-order chi connectivity index (χ0) is 16.8. The SMILES string of the molecule is CC(=O)CCn1c(=O)[nH]c2sc3c(c2c1=O)-c1ccccc1CC3. The lowest BCUT2D eigenvalue weighted by Crippen LogP contribution is -2.35. The quantitative estimate of drug-likeness (QED) is 0.796. The fraction of sp³-hybridized carbons (Fsp3) is 0.278. The minimum absolute atomic E-state index is 0.0425. The van der Waals surface area contributed by atoms with Gasteiger partial charge in [0.2, 0.25) is 0 Å². The molecule has 24 heavy (non-hydrogen) atoms. The molecule has 5 nitrogen and oxygen atoms in total. The number of thiophene rings is 1. The lowest BCUT2D eigenvalue weighted by Gasteiger charge is -2.16. The molecule has 6 heteroatoms. The van der Waals surface area contributed by atoms with Crippen molar-refractivity contribution >= 4 is 27.3 Å². The van der Waals surface area contributed by atoms with Crippen LogP contribution in [0.15, 0.2) is 33.9 Å². The van der Waals surface area contributed by atoms with E-state index >= 15 is 0 Å². The van der Waals surface area contributed by atoms with Crippen molar-refractivity contribution in [3.8, 4) is 11.1 Å². The number of nitrogens with one attached hydrogen (secondary N) is 1. The number of rotatable bonds is 3. The summed E-state index contributed by atoms with van der Waals surface area (Å²) in [5.74, 6) is -0.0425. The van der Waals surface area contributed by atoms with Crippen LogP contribution in [0.5, 0.6) is 0 Å². The van der Waals surface area contributed by atoms with Gasteiger partial charge in [0, 0.05) is 23.4 Å². The topological polar surface area (TPSA) is 71.9 Å². The summed E-state index contributed by atoms with van der Waals surface area (Å²) < 4.78 is 1.15. The summed E-state index contributed by atoms with van der Waals surface area (Å²) in [7, 11) is 0. The van der Waals surface area contributed by atoms with Crippen LogP contribution in [0.25, 0.3) is 21.3 Å². The Labute approximate surface area is 141 Å². The maximum Gasteiger partial charge on any atom is 0.329 e. The predicted octanol–water partition coefficient (Wildman–Crippen LogP) is 2.50. The van der Waals surface area contributed by atoms with Gasteiger partial charge in [-0.1, -0.05) is 24.3 Å². The molecule has 1 aliphatic rings. The van der Waals surface area contributed by atoms with Crippen LogP contribution >= 0.6 is 11.3 Å². The lowest BCUT2D eigenvalue weighted by atomic mass is 9.89. The fourth-order valence-corrected chi connectivity index (χ4v) is 4.52. The second-order valence-electron chi connectivity index (χ2n) is 6.10. The van der Waals surface area contributed by atoms with Crippen LogP contribution in [-0.4, -0.2) is 15.3 Å². The van der Waals surface area contributed by atoms with Crippen molar-refractivity contribution < 1.29 is 4.79 Å². The highest BCUT2D eigenvalue weighted by Crippen LogP contribution is 2.41. The molecule has 2 aromatic heterocycles.